The standard InChI is InChI=1S/C32H37FN8O5/c1-20(42)31(43)41-10-8-28(24(33)17-41)46-27-5-3-21(15-22(27)16-34)25-7-9-35-32(36-25)38-29-6-4-26(30(37-29)44-2)40-13-11-39(12-14-40)23-18-45-19-23/h3-7,9,15,20,23-24,28,42H,8,10-14,17-19H2,1-2H3,(H,35,36,37,38)/t20?,24-,28+/m1/s1. The van der Waals surface area contributed by atoms with Gasteiger partial charge in [-0.1, -0.05) is 0 Å². The largest absolute Gasteiger partial charge is 0.486 e. The van der Waals surface area contributed by atoms with E-state index in [1.54, 1.807) is 37.6 Å². The van der Waals surface area contributed by atoms with Crippen molar-refractivity contribution < 1.29 is 28.5 Å². The Labute approximate surface area is 266 Å². The van der Waals surface area contributed by atoms with Crippen LogP contribution < -0.4 is 19.7 Å². The highest BCUT2D eigenvalue weighted by Gasteiger charge is 2.34. The topological polar surface area (TPSA) is 149 Å². The minimum absolute atomic E-state index is 0.178. The molecule has 46 heavy (non-hydrogen) atoms. The summed E-state index contributed by atoms with van der Waals surface area (Å²) in [5.41, 5.74) is 2.37. The first-order valence-electron chi connectivity index (χ1n) is 15.4. The number of nitrogens with zero attached hydrogens (tertiary/aromatic N) is 7. The molecule has 0 bridgehead atoms. The van der Waals surface area contributed by atoms with Gasteiger partial charge in [0.1, 0.15) is 35.5 Å². The van der Waals surface area contributed by atoms with Crippen LogP contribution in [-0.4, -0.2) is 120 Å². The third kappa shape index (κ3) is 6.81. The summed E-state index contributed by atoms with van der Waals surface area (Å²) < 4.78 is 31.8. The molecule has 3 atom stereocenters. The van der Waals surface area contributed by atoms with Crippen LogP contribution in [0.2, 0.25) is 0 Å². The zero-order valence-electron chi connectivity index (χ0n) is 25.8. The predicted molar refractivity (Wildman–Crippen MR) is 167 cm³/mol. The number of amides is 1. The van der Waals surface area contributed by atoms with Gasteiger partial charge in [-0.15, -0.1) is 0 Å². The van der Waals surface area contributed by atoms with Gasteiger partial charge in [-0.2, -0.15) is 10.2 Å². The zero-order valence-corrected chi connectivity index (χ0v) is 25.8. The lowest BCUT2D eigenvalue weighted by molar-refractivity contribution is -0.143. The van der Waals surface area contributed by atoms with Gasteiger partial charge in [0.05, 0.1) is 44.2 Å². The second-order valence-corrected chi connectivity index (χ2v) is 11.6. The smallest absolute Gasteiger partial charge is 0.251 e. The van der Waals surface area contributed by atoms with Gasteiger partial charge in [0, 0.05) is 50.9 Å². The number of alkyl halides is 1. The highest BCUT2D eigenvalue weighted by Crippen LogP contribution is 2.32. The van der Waals surface area contributed by atoms with E-state index in [0.29, 0.717) is 34.9 Å². The van der Waals surface area contributed by atoms with Crippen molar-refractivity contribution in [2.75, 3.05) is 69.8 Å². The van der Waals surface area contributed by atoms with Gasteiger partial charge in [0.15, 0.2) is 6.17 Å². The summed E-state index contributed by atoms with van der Waals surface area (Å²) in [5.74, 6) is 1.07. The van der Waals surface area contributed by atoms with Crippen molar-refractivity contribution in [1.29, 1.82) is 5.26 Å². The Kier molecular flexibility index (Phi) is 9.43. The first-order valence-corrected chi connectivity index (χ1v) is 15.4. The van der Waals surface area contributed by atoms with E-state index in [4.69, 9.17) is 14.2 Å². The van der Waals surface area contributed by atoms with E-state index in [1.165, 1.54) is 11.8 Å². The number of ether oxygens (including phenoxy) is 3. The summed E-state index contributed by atoms with van der Waals surface area (Å²) in [6, 6.07) is 13.2. The Bertz CT molecular complexity index is 1590. The van der Waals surface area contributed by atoms with Crippen molar-refractivity contribution in [1.82, 2.24) is 24.8 Å². The average molecular weight is 633 g/mol. The lowest BCUT2D eigenvalue weighted by atomic mass is 10.0. The first-order chi connectivity index (χ1) is 22.3. The van der Waals surface area contributed by atoms with E-state index in [-0.39, 0.29) is 30.8 Å². The maximum absolute atomic E-state index is 14.9. The molecule has 0 spiro atoms. The number of anilines is 3. The van der Waals surface area contributed by atoms with Gasteiger partial charge in [-0.3, -0.25) is 9.69 Å². The number of hydrogen-bond donors (Lipinski definition) is 2. The fourth-order valence-corrected chi connectivity index (χ4v) is 5.87. The number of aromatic nitrogens is 3. The molecule has 6 rings (SSSR count). The van der Waals surface area contributed by atoms with Gasteiger partial charge in [-0.05, 0) is 43.3 Å². The molecule has 0 radical (unpaired) electrons. The van der Waals surface area contributed by atoms with Crippen LogP contribution in [0.4, 0.5) is 21.8 Å². The lowest BCUT2D eigenvalue weighted by Gasteiger charge is -2.43. The molecule has 3 aliphatic rings. The number of hydrogen-bond acceptors (Lipinski definition) is 12. The van der Waals surface area contributed by atoms with E-state index in [2.05, 4.69) is 36.1 Å². The number of piperidine rings is 1. The fraction of sp³-hybridized carbons (Fsp3) is 0.469. The highest BCUT2D eigenvalue weighted by molar-refractivity contribution is 5.80. The number of benzene rings is 1. The maximum atomic E-state index is 14.9. The number of aliphatic hydroxyl groups excluding tert-OH is 1. The molecule has 14 heteroatoms. The molecule has 242 valence electrons. The summed E-state index contributed by atoms with van der Waals surface area (Å²) in [6.45, 7) is 6.72. The Hall–Kier alpha value is -4.58. The van der Waals surface area contributed by atoms with Crippen LogP contribution in [0.3, 0.4) is 0 Å². The predicted octanol–water partition coefficient (Wildman–Crippen LogP) is 2.38. The van der Waals surface area contributed by atoms with Crippen LogP contribution >= 0.6 is 0 Å². The zero-order chi connectivity index (χ0) is 32.2. The van der Waals surface area contributed by atoms with Crippen LogP contribution in [0, 0.1) is 11.3 Å². The van der Waals surface area contributed by atoms with Crippen molar-refractivity contribution in [2.24, 2.45) is 0 Å². The molecule has 3 saturated heterocycles. The minimum Gasteiger partial charge on any atom is -0.486 e. The van der Waals surface area contributed by atoms with E-state index >= 15 is 0 Å². The summed E-state index contributed by atoms with van der Waals surface area (Å²) in [4.78, 5) is 31.7. The third-order valence-corrected chi connectivity index (χ3v) is 8.55. The number of halogens is 1. The SMILES string of the molecule is COc1nc(Nc2nccc(-c3ccc(O[C@H]4CCN(C(=O)C(C)O)C[C@H]4F)c(C#N)c3)n2)ccc1N1CCN(C2COC2)CC1. The number of piperazine rings is 1. The first kappa shape index (κ1) is 31.4. The van der Waals surface area contributed by atoms with Gasteiger partial charge in [-0.25, -0.2) is 14.4 Å². The van der Waals surface area contributed by atoms with E-state index in [1.807, 2.05) is 12.1 Å². The number of carbonyl (C=O) groups is 1. The molecular weight excluding hydrogens is 595 g/mol. The molecule has 3 aliphatic heterocycles. The molecule has 5 heterocycles. The third-order valence-electron chi connectivity index (χ3n) is 8.55. The van der Waals surface area contributed by atoms with Crippen molar-refractivity contribution in [2.45, 2.75) is 37.8 Å². The second-order valence-electron chi connectivity index (χ2n) is 11.6. The van der Waals surface area contributed by atoms with E-state index in [9.17, 15) is 19.6 Å². The Morgan fingerprint density at radius 1 is 1.15 bits per heavy atom. The molecule has 13 nitrogen and oxygen atoms in total. The van der Waals surface area contributed by atoms with Crippen LogP contribution in [-0.2, 0) is 9.53 Å². The lowest BCUT2D eigenvalue weighted by Crippen LogP contribution is -2.56. The molecule has 2 N–H and O–H groups in total. The maximum Gasteiger partial charge on any atom is 0.251 e. The molecule has 1 aromatic carbocycles. The van der Waals surface area contributed by atoms with Crippen LogP contribution in [0.5, 0.6) is 11.6 Å². The molecular formula is C32H37FN8O5. The number of likely N-dealkylation sites (tertiary alicyclic amines) is 1. The number of nitriles is 1. The summed E-state index contributed by atoms with van der Waals surface area (Å²) in [7, 11) is 1.60. The van der Waals surface area contributed by atoms with Crippen molar-refractivity contribution in [3.8, 4) is 29.0 Å². The Morgan fingerprint density at radius 3 is 2.63 bits per heavy atom. The van der Waals surface area contributed by atoms with Gasteiger partial charge < -0.3 is 34.4 Å². The van der Waals surface area contributed by atoms with E-state index < -0.39 is 24.3 Å². The van der Waals surface area contributed by atoms with Crippen LogP contribution in [0.1, 0.15) is 18.9 Å². The molecule has 3 aromatic rings. The van der Waals surface area contributed by atoms with Crippen LogP contribution in [0.15, 0.2) is 42.6 Å². The summed E-state index contributed by atoms with van der Waals surface area (Å²) in [6.07, 6.45) is -1.63. The number of pyridine rings is 1. The minimum atomic E-state index is -1.46. The monoisotopic (exact) mass is 632 g/mol. The van der Waals surface area contributed by atoms with Gasteiger partial charge in [0.25, 0.3) is 5.91 Å². The molecule has 1 amide bonds. The molecule has 2 aromatic heterocycles. The second kappa shape index (κ2) is 13.8. The highest BCUT2D eigenvalue weighted by atomic mass is 19.1. The van der Waals surface area contributed by atoms with Gasteiger partial charge in [0.2, 0.25) is 11.8 Å². The Morgan fingerprint density at radius 2 is 1.96 bits per heavy atom. The molecule has 0 aliphatic carbocycles. The molecule has 1 unspecified atom stereocenters. The summed E-state index contributed by atoms with van der Waals surface area (Å²) >= 11 is 0. The van der Waals surface area contributed by atoms with Crippen molar-refractivity contribution >= 4 is 23.4 Å². The quantitative estimate of drug-likeness (QED) is 0.357. The fourth-order valence-electron chi connectivity index (χ4n) is 5.87. The van der Waals surface area contributed by atoms with Crippen molar-refractivity contribution in [3.63, 3.8) is 0 Å². The molecule has 3 fully saturated rings. The number of carbonyl (C=O) groups excluding carboxylic acids is 1. The number of nitrogens with one attached hydrogen (secondary N) is 1. The number of rotatable bonds is 9. The molecule has 0 saturated carbocycles. The van der Waals surface area contributed by atoms with Crippen molar-refractivity contribution in [3.05, 3.63) is 48.2 Å². The van der Waals surface area contributed by atoms with E-state index in [0.717, 1.165) is 45.1 Å². The van der Waals surface area contributed by atoms with Gasteiger partial charge >= 0.3 is 0 Å². The average Bonchev–Trinajstić information content (AvgIpc) is 3.05. The van der Waals surface area contributed by atoms with Crippen LogP contribution in [0.25, 0.3) is 11.3 Å². The number of methoxy groups -OCH3 is 1. The normalized spacial score (nSPS) is 21.2. The Balaban J connectivity index is 1.11. The summed E-state index contributed by atoms with van der Waals surface area (Å²) in [5, 5.41) is 22.5. The number of aliphatic hydroxyl groups is 1.